The van der Waals surface area contributed by atoms with E-state index in [4.69, 9.17) is 5.26 Å². The van der Waals surface area contributed by atoms with Crippen molar-refractivity contribution in [3.05, 3.63) is 59.2 Å². The summed E-state index contributed by atoms with van der Waals surface area (Å²) in [4.78, 5) is 12.1. The van der Waals surface area contributed by atoms with Gasteiger partial charge >= 0.3 is 0 Å². The Morgan fingerprint density at radius 1 is 1.18 bits per heavy atom. The third kappa shape index (κ3) is 3.64. The molecule has 0 unspecified atom stereocenters. The molecule has 2 rings (SSSR count). The van der Waals surface area contributed by atoms with Crippen LogP contribution in [-0.2, 0) is 11.2 Å². The molecule has 0 fully saturated rings. The van der Waals surface area contributed by atoms with Crippen LogP contribution in [0.1, 0.15) is 23.6 Å². The van der Waals surface area contributed by atoms with Gasteiger partial charge in [-0.25, -0.2) is 0 Å². The predicted octanol–water partition coefficient (Wildman–Crippen LogP) is 3.48. The van der Waals surface area contributed by atoms with E-state index in [1.54, 1.807) is 24.3 Å². The number of hydrogen-bond donors (Lipinski definition) is 2. The van der Waals surface area contributed by atoms with Crippen LogP contribution >= 0.6 is 0 Å². The van der Waals surface area contributed by atoms with Crippen molar-refractivity contribution in [2.45, 2.75) is 20.3 Å². The van der Waals surface area contributed by atoms with Crippen LogP contribution in [0.2, 0.25) is 0 Å². The van der Waals surface area contributed by atoms with Gasteiger partial charge in [0.1, 0.15) is 6.07 Å². The quantitative estimate of drug-likeness (QED) is 0.887. The number of hydrogen-bond acceptors (Lipinski definition) is 3. The molecule has 4 nitrogen and oxygen atoms in total. The third-order valence-electron chi connectivity index (χ3n) is 3.49. The number of carbonyl (C=O) groups is 1. The molecule has 4 heteroatoms. The summed E-state index contributed by atoms with van der Waals surface area (Å²) in [5, 5.41) is 15.0. The average Bonchev–Trinajstić information content (AvgIpc) is 2.54. The van der Waals surface area contributed by atoms with Gasteiger partial charge in [-0.2, -0.15) is 5.26 Å². The average molecular weight is 293 g/mol. The maximum absolute atomic E-state index is 12.1. The van der Waals surface area contributed by atoms with Gasteiger partial charge in [0.05, 0.1) is 17.8 Å². The molecule has 0 aromatic heterocycles. The number of benzene rings is 2. The lowest BCUT2D eigenvalue weighted by atomic mass is 10.1. The van der Waals surface area contributed by atoms with Crippen molar-refractivity contribution in [3.8, 4) is 6.07 Å². The number of nitrogens with one attached hydrogen (secondary N) is 2. The number of rotatable bonds is 5. The van der Waals surface area contributed by atoms with Gasteiger partial charge in [-0.1, -0.05) is 37.3 Å². The van der Waals surface area contributed by atoms with Crippen molar-refractivity contribution in [2.24, 2.45) is 0 Å². The number of amides is 1. The Morgan fingerprint density at radius 3 is 2.68 bits per heavy atom. The van der Waals surface area contributed by atoms with Gasteiger partial charge in [0.2, 0.25) is 5.91 Å². The minimum Gasteiger partial charge on any atom is -0.376 e. The van der Waals surface area contributed by atoms with E-state index in [-0.39, 0.29) is 12.5 Å². The van der Waals surface area contributed by atoms with Crippen LogP contribution in [0, 0.1) is 18.3 Å². The summed E-state index contributed by atoms with van der Waals surface area (Å²) in [6, 6.07) is 15.1. The van der Waals surface area contributed by atoms with E-state index in [0.717, 1.165) is 17.7 Å². The van der Waals surface area contributed by atoms with Gasteiger partial charge in [0.25, 0.3) is 0 Å². The monoisotopic (exact) mass is 293 g/mol. The molecule has 0 aliphatic heterocycles. The molecule has 0 aliphatic carbocycles. The molecule has 2 N–H and O–H groups in total. The minimum atomic E-state index is -0.173. The summed E-state index contributed by atoms with van der Waals surface area (Å²) in [6.07, 6.45) is 0.906. The Hall–Kier alpha value is -2.80. The molecule has 0 atom stereocenters. The molecule has 0 saturated heterocycles. The molecule has 2 aromatic carbocycles. The molecule has 0 saturated carbocycles. The molecule has 22 heavy (non-hydrogen) atoms. The molecule has 1 amide bonds. The highest BCUT2D eigenvalue weighted by molar-refractivity contribution is 5.95. The van der Waals surface area contributed by atoms with Gasteiger partial charge in [0, 0.05) is 5.69 Å². The van der Waals surface area contributed by atoms with Crippen LogP contribution in [0.25, 0.3) is 0 Å². The number of anilines is 2. The molecular weight excluding hydrogens is 274 g/mol. The number of nitrogens with zero attached hydrogens (tertiary/aromatic N) is 1. The largest absolute Gasteiger partial charge is 0.376 e. The summed E-state index contributed by atoms with van der Waals surface area (Å²) in [5.41, 5.74) is 4.31. The van der Waals surface area contributed by atoms with Gasteiger partial charge in [-0.3, -0.25) is 4.79 Å². The van der Waals surface area contributed by atoms with Crippen LogP contribution in [0.3, 0.4) is 0 Å². The van der Waals surface area contributed by atoms with Crippen molar-refractivity contribution < 1.29 is 4.79 Å². The number of carbonyl (C=O) groups excluding carboxylic acids is 1. The third-order valence-corrected chi connectivity index (χ3v) is 3.49. The van der Waals surface area contributed by atoms with Gasteiger partial charge in [-0.15, -0.1) is 0 Å². The zero-order valence-electron chi connectivity index (χ0n) is 12.8. The lowest BCUT2D eigenvalue weighted by Crippen LogP contribution is -2.23. The summed E-state index contributed by atoms with van der Waals surface area (Å²) in [7, 11) is 0. The summed E-state index contributed by atoms with van der Waals surface area (Å²) < 4.78 is 0. The maximum Gasteiger partial charge on any atom is 0.243 e. The van der Waals surface area contributed by atoms with Crippen LogP contribution in [0.5, 0.6) is 0 Å². The standard InChI is InChI=1S/C18H19N3O/c1-3-14-9-6-7-13(2)18(14)20-12-17(22)21-16-10-5-4-8-15(16)11-19/h4-10,20H,3,12H2,1-2H3,(H,21,22). The van der Waals surface area contributed by atoms with E-state index < -0.39 is 0 Å². The van der Waals surface area contributed by atoms with Crippen molar-refractivity contribution in [3.63, 3.8) is 0 Å². The summed E-state index contributed by atoms with van der Waals surface area (Å²) >= 11 is 0. The zero-order chi connectivity index (χ0) is 15.9. The number of nitriles is 1. The molecule has 0 spiro atoms. The lowest BCUT2D eigenvalue weighted by Gasteiger charge is -2.14. The van der Waals surface area contributed by atoms with E-state index in [2.05, 4.69) is 29.7 Å². The second kappa shape index (κ2) is 7.28. The van der Waals surface area contributed by atoms with Crippen molar-refractivity contribution in [2.75, 3.05) is 17.2 Å². The Balaban J connectivity index is 2.04. The first kappa shape index (κ1) is 15.6. The van der Waals surface area contributed by atoms with Crippen LogP contribution < -0.4 is 10.6 Å². The highest BCUT2D eigenvalue weighted by Gasteiger charge is 2.08. The molecule has 0 aliphatic rings. The van der Waals surface area contributed by atoms with Crippen LogP contribution in [0.15, 0.2) is 42.5 Å². The molecule has 0 heterocycles. The van der Waals surface area contributed by atoms with E-state index in [1.807, 2.05) is 19.1 Å². The van der Waals surface area contributed by atoms with E-state index in [9.17, 15) is 4.79 Å². The highest BCUT2D eigenvalue weighted by Crippen LogP contribution is 2.21. The predicted molar refractivity (Wildman–Crippen MR) is 88.8 cm³/mol. The summed E-state index contributed by atoms with van der Waals surface area (Å²) in [5.74, 6) is -0.173. The molecular formula is C18H19N3O. The topological polar surface area (TPSA) is 64.9 Å². The van der Waals surface area contributed by atoms with Crippen LogP contribution in [0.4, 0.5) is 11.4 Å². The van der Waals surface area contributed by atoms with E-state index in [1.165, 1.54) is 5.56 Å². The SMILES string of the molecule is CCc1cccc(C)c1NCC(=O)Nc1ccccc1C#N. The van der Waals surface area contributed by atoms with Gasteiger partial charge < -0.3 is 10.6 Å². The highest BCUT2D eigenvalue weighted by atomic mass is 16.1. The Bertz CT molecular complexity index is 717. The van der Waals surface area contributed by atoms with E-state index in [0.29, 0.717) is 11.3 Å². The van der Waals surface area contributed by atoms with Crippen molar-refractivity contribution >= 4 is 17.3 Å². The van der Waals surface area contributed by atoms with Gasteiger partial charge in [0.15, 0.2) is 0 Å². The van der Waals surface area contributed by atoms with Crippen molar-refractivity contribution in [1.29, 1.82) is 5.26 Å². The Labute approximate surface area is 130 Å². The zero-order valence-corrected chi connectivity index (χ0v) is 12.8. The fraction of sp³-hybridized carbons (Fsp3) is 0.222. The molecule has 2 aromatic rings. The second-order valence-corrected chi connectivity index (χ2v) is 5.02. The Kier molecular flexibility index (Phi) is 5.16. The molecule has 0 radical (unpaired) electrons. The first-order valence-electron chi connectivity index (χ1n) is 7.27. The number of para-hydroxylation sites is 2. The normalized spacial score (nSPS) is 9.86. The first-order valence-corrected chi connectivity index (χ1v) is 7.27. The van der Waals surface area contributed by atoms with E-state index >= 15 is 0 Å². The van der Waals surface area contributed by atoms with Gasteiger partial charge in [-0.05, 0) is 36.6 Å². The smallest absolute Gasteiger partial charge is 0.243 e. The molecule has 112 valence electrons. The van der Waals surface area contributed by atoms with Crippen LogP contribution in [-0.4, -0.2) is 12.5 Å². The van der Waals surface area contributed by atoms with Crippen molar-refractivity contribution in [1.82, 2.24) is 0 Å². The first-order chi connectivity index (χ1) is 10.7. The fourth-order valence-electron chi connectivity index (χ4n) is 2.33. The second-order valence-electron chi connectivity index (χ2n) is 5.02. The summed E-state index contributed by atoms with van der Waals surface area (Å²) in [6.45, 7) is 4.27. The maximum atomic E-state index is 12.1. The number of aryl methyl sites for hydroxylation is 2. The minimum absolute atomic E-state index is 0.164. The lowest BCUT2D eigenvalue weighted by molar-refractivity contribution is -0.114. The fourth-order valence-corrected chi connectivity index (χ4v) is 2.33. The molecule has 0 bridgehead atoms. The Morgan fingerprint density at radius 2 is 1.95 bits per heavy atom.